The lowest BCUT2D eigenvalue weighted by atomic mass is 9.73. The van der Waals surface area contributed by atoms with E-state index in [-0.39, 0.29) is 17.9 Å². The van der Waals surface area contributed by atoms with Crippen LogP contribution in [0.15, 0.2) is 54.6 Å². The van der Waals surface area contributed by atoms with Crippen LogP contribution in [0, 0.1) is 5.92 Å². The Morgan fingerprint density at radius 3 is 2.52 bits per heavy atom. The van der Waals surface area contributed by atoms with Crippen LogP contribution in [0.4, 0.5) is 0 Å². The van der Waals surface area contributed by atoms with Gasteiger partial charge in [0.05, 0.1) is 22.5 Å². The van der Waals surface area contributed by atoms with Crippen molar-refractivity contribution in [2.24, 2.45) is 5.92 Å². The molecule has 0 bridgehead atoms. The average molecular weight is 392 g/mol. The van der Waals surface area contributed by atoms with Crippen molar-refractivity contribution in [1.29, 1.82) is 0 Å². The van der Waals surface area contributed by atoms with Gasteiger partial charge in [0.25, 0.3) is 0 Å². The molecule has 1 amide bonds. The Balaban J connectivity index is 1.68. The fraction of sp³-hybridized carbons (Fsp3) is 0.417. The van der Waals surface area contributed by atoms with E-state index in [1.54, 1.807) is 0 Å². The predicted molar refractivity (Wildman–Crippen MR) is 115 cm³/mol. The standard InChI is InChI=1S/C24H29N3O2/c1-3-17(2)21(22-25-19-11-7-8-12-20(19)26-22)27-23(28)24(13-15-29-16-14-24)18-9-5-4-6-10-18/h4-12,17,21H,3,13-16H2,1-2H3,(H,25,26)(H,27,28)/t17-,21+/m1/s1. The molecule has 0 saturated carbocycles. The van der Waals surface area contributed by atoms with Crippen molar-refractivity contribution in [3.63, 3.8) is 0 Å². The number of hydrogen-bond acceptors (Lipinski definition) is 3. The third kappa shape index (κ3) is 3.79. The number of imidazole rings is 1. The average Bonchev–Trinajstić information content (AvgIpc) is 3.21. The fourth-order valence-corrected chi connectivity index (χ4v) is 4.24. The largest absolute Gasteiger partial charge is 0.381 e. The molecule has 1 saturated heterocycles. The third-order valence-corrected chi connectivity index (χ3v) is 6.31. The summed E-state index contributed by atoms with van der Waals surface area (Å²) in [5, 5.41) is 3.37. The maximum absolute atomic E-state index is 13.7. The number of nitrogens with one attached hydrogen (secondary N) is 2. The Kier molecular flexibility index (Phi) is 5.67. The summed E-state index contributed by atoms with van der Waals surface area (Å²) in [6.07, 6.45) is 2.33. The van der Waals surface area contributed by atoms with E-state index in [9.17, 15) is 4.79 Å². The first-order valence-corrected chi connectivity index (χ1v) is 10.5. The van der Waals surface area contributed by atoms with Crippen molar-refractivity contribution in [3.05, 3.63) is 66.0 Å². The number of nitrogens with zero attached hydrogens (tertiary/aromatic N) is 1. The first-order valence-electron chi connectivity index (χ1n) is 10.5. The van der Waals surface area contributed by atoms with Crippen molar-refractivity contribution < 1.29 is 9.53 Å². The van der Waals surface area contributed by atoms with Gasteiger partial charge in [-0.25, -0.2) is 4.98 Å². The van der Waals surface area contributed by atoms with E-state index < -0.39 is 5.41 Å². The highest BCUT2D eigenvalue weighted by molar-refractivity contribution is 5.89. The molecule has 1 aliphatic rings. The van der Waals surface area contributed by atoms with Crippen molar-refractivity contribution in [2.75, 3.05) is 13.2 Å². The molecule has 1 aromatic heterocycles. The van der Waals surface area contributed by atoms with Crippen molar-refractivity contribution in [2.45, 2.75) is 44.6 Å². The monoisotopic (exact) mass is 391 g/mol. The second kappa shape index (κ2) is 8.37. The smallest absolute Gasteiger partial charge is 0.231 e. The predicted octanol–water partition coefficient (Wildman–Crippen LogP) is 4.51. The number of carbonyl (C=O) groups is 1. The zero-order valence-electron chi connectivity index (χ0n) is 17.2. The molecule has 5 heteroatoms. The van der Waals surface area contributed by atoms with Crippen LogP contribution in [-0.4, -0.2) is 29.1 Å². The summed E-state index contributed by atoms with van der Waals surface area (Å²) in [7, 11) is 0. The van der Waals surface area contributed by atoms with Crippen LogP contribution in [0.25, 0.3) is 11.0 Å². The van der Waals surface area contributed by atoms with Gasteiger partial charge in [-0.05, 0) is 36.5 Å². The number of rotatable bonds is 6. The first-order chi connectivity index (χ1) is 14.1. The minimum absolute atomic E-state index is 0.0674. The summed E-state index contributed by atoms with van der Waals surface area (Å²) in [5.74, 6) is 1.15. The quantitative estimate of drug-likeness (QED) is 0.649. The van der Waals surface area contributed by atoms with Gasteiger partial charge in [-0.3, -0.25) is 4.79 Å². The molecule has 0 aliphatic carbocycles. The van der Waals surface area contributed by atoms with Gasteiger partial charge in [0.2, 0.25) is 5.91 Å². The second-order valence-corrected chi connectivity index (χ2v) is 8.04. The molecule has 29 heavy (non-hydrogen) atoms. The van der Waals surface area contributed by atoms with E-state index in [0.717, 1.165) is 28.8 Å². The zero-order valence-corrected chi connectivity index (χ0v) is 17.2. The summed E-state index contributed by atoms with van der Waals surface area (Å²) in [6.45, 7) is 5.51. The molecular formula is C24H29N3O2. The summed E-state index contributed by atoms with van der Waals surface area (Å²) in [6, 6.07) is 17.9. The number of aromatic amines is 1. The topological polar surface area (TPSA) is 67.0 Å². The molecule has 0 radical (unpaired) electrons. The first kappa shape index (κ1) is 19.6. The number of para-hydroxylation sites is 2. The number of ether oxygens (including phenoxy) is 1. The van der Waals surface area contributed by atoms with Gasteiger partial charge in [0.1, 0.15) is 5.82 Å². The minimum Gasteiger partial charge on any atom is -0.381 e. The Hall–Kier alpha value is -2.66. The Morgan fingerprint density at radius 2 is 1.83 bits per heavy atom. The number of aromatic nitrogens is 2. The molecule has 1 fully saturated rings. The van der Waals surface area contributed by atoms with E-state index in [1.165, 1.54) is 0 Å². The minimum atomic E-state index is -0.558. The van der Waals surface area contributed by atoms with E-state index in [4.69, 9.17) is 9.72 Å². The number of H-pyrrole nitrogens is 1. The lowest BCUT2D eigenvalue weighted by Crippen LogP contribution is -2.50. The van der Waals surface area contributed by atoms with Crippen LogP contribution in [0.3, 0.4) is 0 Å². The molecule has 4 rings (SSSR count). The van der Waals surface area contributed by atoms with Crippen LogP contribution in [0.1, 0.15) is 50.5 Å². The summed E-state index contributed by atoms with van der Waals surface area (Å²) < 4.78 is 5.60. The van der Waals surface area contributed by atoms with Gasteiger partial charge < -0.3 is 15.0 Å². The molecule has 2 atom stereocenters. The molecule has 152 valence electrons. The molecular weight excluding hydrogens is 362 g/mol. The van der Waals surface area contributed by atoms with Gasteiger partial charge in [-0.15, -0.1) is 0 Å². The lowest BCUT2D eigenvalue weighted by molar-refractivity contribution is -0.131. The van der Waals surface area contributed by atoms with Crippen LogP contribution in [-0.2, 0) is 14.9 Å². The normalized spacial score (nSPS) is 18.3. The van der Waals surface area contributed by atoms with E-state index in [2.05, 4.69) is 36.3 Å². The van der Waals surface area contributed by atoms with E-state index in [0.29, 0.717) is 26.1 Å². The SMILES string of the molecule is CC[C@@H](C)[C@H](NC(=O)C1(c2ccccc2)CCOCC1)c1nc2ccccc2[nH]1. The Bertz CT molecular complexity index is 927. The number of benzene rings is 2. The van der Waals surface area contributed by atoms with Crippen molar-refractivity contribution in [3.8, 4) is 0 Å². The number of hydrogen-bond donors (Lipinski definition) is 2. The van der Waals surface area contributed by atoms with Crippen LogP contribution >= 0.6 is 0 Å². The molecule has 1 aliphatic heterocycles. The van der Waals surface area contributed by atoms with Crippen molar-refractivity contribution >= 4 is 16.9 Å². The van der Waals surface area contributed by atoms with Crippen LogP contribution in [0.5, 0.6) is 0 Å². The molecule has 0 spiro atoms. The Labute approximate surface area is 171 Å². The van der Waals surface area contributed by atoms with Gasteiger partial charge in [0, 0.05) is 13.2 Å². The summed E-state index contributed by atoms with van der Waals surface area (Å²) in [5.41, 5.74) is 2.42. The molecule has 3 aromatic rings. The second-order valence-electron chi connectivity index (χ2n) is 8.04. The van der Waals surface area contributed by atoms with Crippen molar-refractivity contribution in [1.82, 2.24) is 15.3 Å². The zero-order chi connectivity index (χ0) is 20.3. The van der Waals surface area contributed by atoms with Gasteiger partial charge in [-0.1, -0.05) is 62.7 Å². The number of amides is 1. The summed E-state index contributed by atoms with van der Waals surface area (Å²) in [4.78, 5) is 21.9. The molecule has 2 heterocycles. The molecule has 2 N–H and O–H groups in total. The lowest BCUT2D eigenvalue weighted by Gasteiger charge is -2.38. The van der Waals surface area contributed by atoms with Gasteiger partial charge in [0.15, 0.2) is 0 Å². The van der Waals surface area contributed by atoms with Gasteiger partial charge in [-0.2, -0.15) is 0 Å². The van der Waals surface area contributed by atoms with E-state index >= 15 is 0 Å². The summed E-state index contributed by atoms with van der Waals surface area (Å²) >= 11 is 0. The maximum atomic E-state index is 13.7. The maximum Gasteiger partial charge on any atom is 0.231 e. The molecule has 0 unspecified atom stereocenters. The highest BCUT2D eigenvalue weighted by atomic mass is 16.5. The third-order valence-electron chi connectivity index (χ3n) is 6.31. The fourth-order valence-electron chi connectivity index (χ4n) is 4.24. The molecule has 5 nitrogen and oxygen atoms in total. The number of carbonyl (C=O) groups excluding carboxylic acids is 1. The number of fused-ring (bicyclic) bond motifs is 1. The Morgan fingerprint density at radius 1 is 1.14 bits per heavy atom. The van der Waals surface area contributed by atoms with E-state index in [1.807, 2.05) is 42.5 Å². The highest BCUT2D eigenvalue weighted by Crippen LogP contribution is 2.36. The molecule has 2 aromatic carbocycles. The van der Waals surface area contributed by atoms with Gasteiger partial charge >= 0.3 is 0 Å². The van der Waals surface area contributed by atoms with Crippen LogP contribution < -0.4 is 5.32 Å². The highest BCUT2D eigenvalue weighted by Gasteiger charge is 2.43. The van der Waals surface area contributed by atoms with Crippen LogP contribution in [0.2, 0.25) is 0 Å².